The Bertz CT molecular complexity index is 910. The Balaban J connectivity index is 1.89. The van der Waals surface area contributed by atoms with Crippen LogP contribution in [0.5, 0.6) is 0 Å². The van der Waals surface area contributed by atoms with Gasteiger partial charge in [-0.3, -0.25) is 0 Å². The molecule has 2 unspecified atom stereocenters. The Hall–Kier alpha value is 0.520. The zero-order chi connectivity index (χ0) is 20.9. The van der Waals surface area contributed by atoms with Crippen molar-refractivity contribution in [2.45, 2.75) is 45.7 Å². The lowest BCUT2D eigenvalue weighted by atomic mass is 9.85. The van der Waals surface area contributed by atoms with E-state index < -0.39 is 0 Å². The second-order valence-corrected chi connectivity index (χ2v) is 11.9. The molecule has 2 aromatic carbocycles. The fourth-order valence-electron chi connectivity index (χ4n) is 3.98. The van der Waals surface area contributed by atoms with Crippen LogP contribution < -0.4 is 5.32 Å². The van der Waals surface area contributed by atoms with Crippen LogP contribution in [0.25, 0.3) is 0 Å². The van der Waals surface area contributed by atoms with Crippen LogP contribution in [0.3, 0.4) is 0 Å². The summed E-state index contributed by atoms with van der Waals surface area (Å²) in [4.78, 5) is 0. The summed E-state index contributed by atoms with van der Waals surface area (Å²) in [5.41, 5.74) is 2.12. The third-order valence-corrected chi connectivity index (χ3v) is 7.99. The lowest BCUT2D eigenvalue weighted by Gasteiger charge is -2.27. The monoisotopic (exact) mass is 585 g/mol. The molecule has 1 N–H and O–H groups in total. The molecule has 1 aliphatic rings. The van der Waals surface area contributed by atoms with Gasteiger partial charge < -0.3 is 5.32 Å². The fraction of sp³-hybridized carbons (Fsp3) is 0.429. The van der Waals surface area contributed by atoms with Crippen molar-refractivity contribution in [1.82, 2.24) is 5.32 Å². The van der Waals surface area contributed by atoms with E-state index in [9.17, 15) is 0 Å². The van der Waals surface area contributed by atoms with Crippen LogP contribution >= 0.6 is 78.3 Å². The van der Waals surface area contributed by atoms with E-state index >= 15 is 0 Å². The van der Waals surface area contributed by atoms with E-state index in [0.717, 1.165) is 32.9 Å². The van der Waals surface area contributed by atoms with Crippen molar-refractivity contribution in [2.24, 2.45) is 11.3 Å². The van der Waals surface area contributed by atoms with E-state index in [0.29, 0.717) is 32.6 Å². The van der Waals surface area contributed by atoms with Crippen molar-refractivity contribution in [1.29, 1.82) is 0 Å². The molecule has 7 heteroatoms. The van der Waals surface area contributed by atoms with Crippen LogP contribution in [-0.4, -0.2) is 5.54 Å². The molecule has 2 atom stereocenters. The van der Waals surface area contributed by atoms with Crippen LogP contribution in [0.1, 0.15) is 38.3 Å². The molecule has 0 aromatic heterocycles. The molecule has 28 heavy (non-hydrogen) atoms. The Morgan fingerprint density at radius 2 is 1.43 bits per heavy atom. The van der Waals surface area contributed by atoms with Crippen molar-refractivity contribution in [2.75, 3.05) is 0 Å². The van der Waals surface area contributed by atoms with Crippen molar-refractivity contribution in [3.63, 3.8) is 0 Å². The smallest absolute Gasteiger partial charge is 0.0638 e. The van der Waals surface area contributed by atoms with Gasteiger partial charge in [-0.15, -0.1) is 0 Å². The van der Waals surface area contributed by atoms with Gasteiger partial charge >= 0.3 is 0 Å². The van der Waals surface area contributed by atoms with E-state index in [1.807, 2.05) is 18.2 Å². The highest BCUT2D eigenvalue weighted by atomic mass is 79.9. The summed E-state index contributed by atoms with van der Waals surface area (Å²) in [5.74, 6) is 0.509. The first-order chi connectivity index (χ1) is 12.9. The first-order valence-corrected chi connectivity index (χ1v) is 12.0. The van der Waals surface area contributed by atoms with E-state index in [4.69, 9.17) is 46.4 Å². The van der Waals surface area contributed by atoms with Gasteiger partial charge in [0, 0.05) is 21.0 Å². The maximum Gasteiger partial charge on any atom is 0.0638 e. The molecule has 1 saturated carbocycles. The van der Waals surface area contributed by atoms with Gasteiger partial charge in [-0.05, 0) is 59.6 Å². The van der Waals surface area contributed by atoms with Crippen molar-refractivity contribution >= 4 is 78.3 Å². The van der Waals surface area contributed by atoms with E-state index in [-0.39, 0.29) is 11.0 Å². The number of benzene rings is 2. The Labute approximate surface area is 203 Å². The normalized spacial score (nSPS) is 21.8. The molecule has 1 nitrogen and oxygen atoms in total. The largest absolute Gasteiger partial charge is 0.306 e. The molecule has 0 aliphatic heterocycles. The van der Waals surface area contributed by atoms with Crippen molar-refractivity contribution in [3.05, 3.63) is 64.4 Å². The van der Waals surface area contributed by atoms with Gasteiger partial charge in [0.25, 0.3) is 0 Å². The molecule has 2 aromatic rings. The molecule has 0 saturated heterocycles. The van der Waals surface area contributed by atoms with Gasteiger partial charge in [-0.1, -0.05) is 99.0 Å². The lowest BCUT2D eigenvalue weighted by Crippen LogP contribution is -2.38. The van der Waals surface area contributed by atoms with Crippen LogP contribution in [0.4, 0.5) is 0 Å². The summed E-state index contributed by atoms with van der Waals surface area (Å²) in [6, 6.07) is 7.69. The average molecular weight is 589 g/mol. The van der Waals surface area contributed by atoms with Crippen LogP contribution in [0.2, 0.25) is 20.1 Å². The van der Waals surface area contributed by atoms with E-state index in [1.165, 1.54) is 0 Å². The minimum atomic E-state index is -0.0653. The van der Waals surface area contributed by atoms with Crippen LogP contribution in [0, 0.1) is 11.3 Å². The highest BCUT2D eigenvalue weighted by Crippen LogP contribution is 2.56. The second-order valence-electron chi connectivity index (χ2n) is 8.53. The predicted molar refractivity (Wildman–Crippen MR) is 129 cm³/mol. The molecule has 0 heterocycles. The average Bonchev–Trinajstić information content (AvgIpc) is 3.29. The van der Waals surface area contributed by atoms with Gasteiger partial charge in [-0.25, -0.2) is 0 Å². The van der Waals surface area contributed by atoms with Crippen LogP contribution in [0.15, 0.2) is 33.2 Å². The zero-order valence-electron chi connectivity index (χ0n) is 15.8. The highest BCUT2D eigenvalue weighted by molar-refractivity contribution is 9.10. The molecule has 0 radical (unpaired) electrons. The number of nitrogens with one attached hydrogen (secondary N) is 1. The fourth-order valence-corrected chi connectivity index (χ4v) is 6.08. The second kappa shape index (κ2) is 8.57. The molecule has 1 fully saturated rings. The molecule has 0 bridgehead atoms. The SMILES string of the molecule is CC(C)(C)C1CC1(Cc1cc(Br)cc(Cl)c1Cl)NCc1cc(Br)cc(Cl)c1Cl. The Morgan fingerprint density at radius 3 is 1.93 bits per heavy atom. The standard InChI is InChI=1S/C21H21Br2Cl4N/c1-20(2,3)17-9-21(17,8-11-4-13(22)6-15(24)18(11)26)28-10-12-5-14(23)7-16(25)19(12)27/h4-7,17,28H,8-10H2,1-3H3. The Kier molecular flexibility index (Phi) is 7.10. The summed E-state index contributed by atoms with van der Waals surface area (Å²) in [7, 11) is 0. The summed E-state index contributed by atoms with van der Waals surface area (Å²) < 4.78 is 1.85. The van der Waals surface area contributed by atoms with Gasteiger partial charge in [-0.2, -0.15) is 0 Å². The van der Waals surface area contributed by atoms with Gasteiger partial charge in [0.1, 0.15) is 0 Å². The topological polar surface area (TPSA) is 12.0 Å². The highest BCUT2D eigenvalue weighted by Gasteiger charge is 2.58. The minimum Gasteiger partial charge on any atom is -0.306 e. The van der Waals surface area contributed by atoms with E-state index in [2.05, 4.69) is 64.0 Å². The van der Waals surface area contributed by atoms with Crippen molar-refractivity contribution < 1.29 is 0 Å². The van der Waals surface area contributed by atoms with Crippen LogP contribution in [-0.2, 0) is 13.0 Å². The summed E-state index contributed by atoms with van der Waals surface area (Å²) in [5, 5.41) is 6.09. The first kappa shape index (κ1) is 23.2. The number of halogens is 6. The maximum atomic E-state index is 6.52. The van der Waals surface area contributed by atoms with Gasteiger partial charge in [0.05, 0.1) is 20.1 Å². The number of hydrogen-bond donors (Lipinski definition) is 1. The third-order valence-electron chi connectivity index (χ3n) is 5.39. The predicted octanol–water partition coefficient (Wildman–Crippen LogP) is 8.96. The summed E-state index contributed by atoms with van der Waals surface area (Å²) in [6.07, 6.45) is 1.86. The summed E-state index contributed by atoms with van der Waals surface area (Å²) in [6.45, 7) is 7.46. The molecule has 152 valence electrons. The maximum absolute atomic E-state index is 6.52. The first-order valence-electron chi connectivity index (χ1n) is 8.95. The molecule has 0 amide bonds. The molecular formula is C21H21Br2Cl4N. The van der Waals surface area contributed by atoms with E-state index in [1.54, 1.807) is 0 Å². The van der Waals surface area contributed by atoms with Gasteiger partial charge in [0.2, 0.25) is 0 Å². The Morgan fingerprint density at radius 1 is 0.929 bits per heavy atom. The molecule has 0 spiro atoms. The molecule has 3 rings (SSSR count). The van der Waals surface area contributed by atoms with Gasteiger partial charge in [0.15, 0.2) is 0 Å². The third kappa shape index (κ3) is 5.04. The zero-order valence-corrected chi connectivity index (χ0v) is 22.0. The molecular weight excluding hydrogens is 568 g/mol. The molecule has 1 aliphatic carbocycles. The quantitative estimate of drug-likeness (QED) is 0.344. The summed E-state index contributed by atoms with van der Waals surface area (Å²) >= 11 is 32.5. The lowest BCUT2D eigenvalue weighted by molar-refractivity contribution is 0.289. The number of rotatable bonds is 5. The minimum absolute atomic E-state index is 0.0653. The number of hydrogen-bond acceptors (Lipinski definition) is 1. The van der Waals surface area contributed by atoms with Crippen molar-refractivity contribution in [3.8, 4) is 0 Å².